The van der Waals surface area contributed by atoms with Gasteiger partial charge in [-0.15, -0.1) is 0 Å². The first kappa shape index (κ1) is 16.5. The Morgan fingerprint density at radius 1 is 1.00 bits per heavy atom. The lowest BCUT2D eigenvalue weighted by atomic mass is 10.0. The number of benzene rings is 2. The van der Waals surface area contributed by atoms with Crippen LogP contribution in [0.5, 0.6) is 0 Å². The molecule has 0 aliphatic heterocycles. The lowest BCUT2D eigenvalue weighted by Gasteiger charge is -2.19. The third kappa shape index (κ3) is 3.49. The highest BCUT2D eigenvalue weighted by atomic mass is 19.1. The normalized spacial score (nSPS) is 19.6. The molecule has 26 heavy (non-hydrogen) atoms. The van der Waals surface area contributed by atoms with E-state index >= 15 is 0 Å². The minimum absolute atomic E-state index is 0.0128. The van der Waals surface area contributed by atoms with Crippen LogP contribution in [0.1, 0.15) is 35.2 Å². The van der Waals surface area contributed by atoms with Crippen LogP contribution in [0.25, 0.3) is 0 Å². The first-order valence-corrected chi connectivity index (χ1v) is 8.74. The summed E-state index contributed by atoms with van der Waals surface area (Å²) >= 11 is 0. The minimum atomic E-state index is -0.278. The van der Waals surface area contributed by atoms with Crippen molar-refractivity contribution in [2.75, 3.05) is 0 Å². The Morgan fingerprint density at radius 2 is 1.73 bits per heavy atom. The minimum Gasteiger partial charge on any atom is -0.343 e. The van der Waals surface area contributed by atoms with E-state index in [1.807, 2.05) is 48.5 Å². The molecule has 1 heterocycles. The first-order valence-electron chi connectivity index (χ1n) is 8.74. The van der Waals surface area contributed by atoms with E-state index in [1.54, 1.807) is 18.3 Å². The van der Waals surface area contributed by atoms with Gasteiger partial charge in [0.25, 0.3) is 0 Å². The summed E-state index contributed by atoms with van der Waals surface area (Å²) in [6.45, 7) is 0. The maximum Gasteiger partial charge on any atom is 0.224 e. The van der Waals surface area contributed by atoms with Gasteiger partial charge in [0.15, 0.2) is 0 Å². The maximum atomic E-state index is 13.1. The molecule has 0 bridgehead atoms. The lowest BCUT2D eigenvalue weighted by molar-refractivity contribution is -0.122. The van der Waals surface area contributed by atoms with Crippen LogP contribution in [0.4, 0.5) is 4.39 Å². The molecule has 1 amide bonds. The maximum absolute atomic E-state index is 13.1. The summed E-state index contributed by atoms with van der Waals surface area (Å²) < 4.78 is 13.1. The van der Waals surface area contributed by atoms with Gasteiger partial charge in [-0.1, -0.05) is 48.5 Å². The van der Waals surface area contributed by atoms with E-state index in [9.17, 15) is 9.18 Å². The number of carbonyl (C=O) groups is 1. The summed E-state index contributed by atoms with van der Waals surface area (Å²) in [5.74, 6) is -0.153. The second-order valence-corrected chi connectivity index (χ2v) is 6.61. The van der Waals surface area contributed by atoms with Crippen molar-refractivity contribution in [3.8, 4) is 0 Å². The molecule has 3 atom stereocenters. The smallest absolute Gasteiger partial charge is 0.224 e. The zero-order valence-corrected chi connectivity index (χ0v) is 14.2. The van der Waals surface area contributed by atoms with Crippen molar-refractivity contribution in [3.63, 3.8) is 0 Å². The van der Waals surface area contributed by atoms with E-state index in [2.05, 4.69) is 10.3 Å². The van der Waals surface area contributed by atoms with Gasteiger partial charge in [-0.05, 0) is 47.7 Å². The molecule has 1 aliphatic carbocycles. The van der Waals surface area contributed by atoms with Crippen LogP contribution < -0.4 is 5.32 Å². The molecule has 130 valence electrons. The van der Waals surface area contributed by atoms with Crippen molar-refractivity contribution < 1.29 is 9.18 Å². The van der Waals surface area contributed by atoms with E-state index in [1.165, 1.54) is 12.1 Å². The molecule has 4 rings (SSSR count). The topological polar surface area (TPSA) is 42.0 Å². The van der Waals surface area contributed by atoms with Crippen molar-refractivity contribution in [2.45, 2.75) is 18.4 Å². The molecule has 2 aromatic carbocycles. The molecular formula is C22H19FN2O. The van der Waals surface area contributed by atoms with Gasteiger partial charge in [-0.3, -0.25) is 9.78 Å². The second-order valence-electron chi connectivity index (χ2n) is 6.61. The Labute approximate surface area is 151 Å². The second kappa shape index (κ2) is 7.08. The molecule has 1 fully saturated rings. The lowest BCUT2D eigenvalue weighted by Crippen LogP contribution is -2.31. The SMILES string of the molecule is O=C(N[C@H](c1ccccc1)c1ccccn1)[C@H]1C[C@H]1c1ccc(F)cc1. The summed E-state index contributed by atoms with van der Waals surface area (Å²) in [6.07, 6.45) is 2.52. The highest BCUT2D eigenvalue weighted by Gasteiger charge is 2.44. The Kier molecular flexibility index (Phi) is 4.48. The van der Waals surface area contributed by atoms with Crippen LogP contribution in [0, 0.1) is 11.7 Å². The number of nitrogens with one attached hydrogen (secondary N) is 1. The van der Waals surface area contributed by atoms with Gasteiger partial charge in [0.05, 0.1) is 11.7 Å². The quantitative estimate of drug-likeness (QED) is 0.751. The molecule has 1 N–H and O–H groups in total. The Morgan fingerprint density at radius 3 is 2.42 bits per heavy atom. The Balaban J connectivity index is 1.51. The van der Waals surface area contributed by atoms with Crippen LogP contribution in [0.3, 0.4) is 0 Å². The molecule has 1 saturated carbocycles. The summed E-state index contributed by atoms with van der Waals surface area (Å²) in [5.41, 5.74) is 2.82. The summed E-state index contributed by atoms with van der Waals surface area (Å²) in [4.78, 5) is 17.2. The molecule has 0 unspecified atom stereocenters. The number of carbonyl (C=O) groups excluding carboxylic acids is 1. The third-order valence-corrected chi connectivity index (χ3v) is 4.83. The van der Waals surface area contributed by atoms with E-state index in [0.29, 0.717) is 0 Å². The van der Waals surface area contributed by atoms with Crippen LogP contribution >= 0.6 is 0 Å². The molecule has 0 spiro atoms. The zero-order chi connectivity index (χ0) is 17.9. The fourth-order valence-corrected chi connectivity index (χ4v) is 3.33. The number of amides is 1. The molecule has 1 aromatic heterocycles. The summed E-state index contributed by atoms with van der Waals surface area (Å²) in [6, 6.07) is 21.7. The number of halogens is 1. The number of hydrogen-bond donors (Lipinski definition) is 1. The van der Waals surface area contributed by atoms with Crippen molar-refractivity contribution in [3.05, 3.63) is 102 Å². The highest BCUT2D eigenvalue weighted by Crippen LogP contribution is 2.47. The van der Waals surface area contributed by atoms with E-state index in [-0.39, 0.29) is 29.6 Å². The number of nitrogens with zero attached hydrogens (tertiary/aromatic N) is 1. The van der Waals surface area contributed by atoms with Crippen molar-refractivity contribution in [1.29, 1.82) is 0 Å². The monoisotopic (exact) mass is 346 g/mol. The Hall–Kier alpha value is -3.01. The standard InChI is InChI=1S/C22H19FN2O/c23-17-11-9-15(10-12-17)18-14-19(18)22(26)25-21(16-6-2-1-3-7-16)20-8-4-5-13-24-20/h1-13,18-19,21H,14H2,(H,25,26)/t18-,19-,21+/m0/s1. The molecule has 1 aliphatic rings. The van der Waals surface area contributed by atoms with Gasteiger partial charge in [0.1, 0.15) is 5.82 Å². The fourth-order valence-electron chi connectivity index (χ4n) is 3.33. The van der Waals surface area contributed by atoms with E-state index < -0.39 is 0 Å². The van der Waals surface area contributed by atoms with Crippen molar-refractivity contribution >= 4 is 5.91 Å². The van der Waals surface area contributed by atoms with Gasteiger partial charge in [-0.25, -0.2) is 4.39 Å². The van der Waals surface area contributed by atoms with Crippen LogP contribution in [0.15, 0.2) is 79.0 Å². The molecule has 0 saturated heterocycles. The fraction of sp³-hybridized carbons (Fsp3) is 0.182. The average Bonchev–Trinajstić information content (AvgIpc) is 3.49. The van der Waals surface area contributed by atoms with Gasteiger partial charge in [0, 0.05) is 12.1 Å². The molecule has 3 aromatic rings. The van der Waals surface area contributed by atoms with Crippen LogP contribution in [-0.2, 0) is 4.79 Å². The largest absolute Gasteiger partial charge is 0.343 e. The third-order valence-electron chi connectivity index (χ3n) is 4.83. The van der Waals surface area contributed by atoms with Gasteiger partial charge >= 0.3 is 0 Å². The number of rotatable bonds is 5. The number of pyridine rings is 1. The van der Waals surface area contributed by atoms with Gasteiger partial charge < -0.3 is 5.32 Å². The van der Waals surface area contributed by atoms with E-state index in [4.69, 9.17) is 0 Å². The number of hydrogen-bond acceptors (Lipinski definition) is 2. The molecule has 3 nitrogen and oxygen atoms in total. The number of aromatic nitrogens is 1. The predicted octanol–water partition coefficient (Wildman–Crippen LogP) is 4.23. The molecular weight excluding hydrogens is 327 g/mol. The summed E-state index contributed by atoms with van der Waals surface area (Å²) in [7, 11) is 0. The highest BCUT2D eigenvalue weighted by molar-refractivity contribution is 5.83. The van der Waals surface area contributed by atoms with Crippen molar-refractivity contribution in [1.82, 2.24) is 10.3 Å². The first-order chi connectivity index (χ1) is 12.7. The van der Waals surface area contributed by atoms with Crippen molar-refractivity contribution in [2.24, 2.45) is 5.92 Å². The molecule has 0 radical (unpaired) electrons. The van der Waals surface area contributed by atoms with E-state index in [0.717, 1.165) is 23.2 Å². The van der Waals surface area contributed by atoms with Gasteiger partial charge in [-0.2, -0.15) is 0 Å². The van der Waals surface area contributed by atoms with Crippen LogP contribution in [0.2, 0.25) is 0 Å². The molecule has 4 heteroatoms. The summed E-state index contributed by atoms with van der Waals surface area (Å²) in [5, 5.41) is 3.15. The van der Waals surface area contributed by atoms with Gasteiger partial charge in [0.2, 0.25) is 5.91 Å². The zero-order valence-electron chi connectivity index (χ0n) is 14.2. The predicted molar refractivity (Wildman–Crippen MR) is 97.9 cm³/mol. The average molecular weight is 346 g/mol. The van der Waals surface area contributed by atoms with Crippen LogP contribution in [-0.4, -0.2) is 10.9 Å². The Bertz CT molecular complexity index is 842.